The molecule has 126 valence electrons. The zero-order valence-corrected chi connectivity index (χ0v) is 14.7. The van der Waals surface area contributed by atoms with Crippen molar-refractivity contribution in [3.63, 3.8) is 0 Å². The topological polar surface area (TPSA) is 37.0 Å². The molecule has 0 aromatic rings. The minimum absolute atomic E-state index is 0.879. The molecule has 0 rings (SSSR count). The second kappa shape index (κ2) is 17.5. The van der Waals surface area contributed by atoms with Crippen molar-refractivity contribution < 1.29 is 5.16 Å². The highest BCUT2D eigenvalue weighted by molar-refractivity contribution is 5.75. The Morgan fingerprint density at radius 2 is 0.952 bits per heavy atom. The van der Waals surface area contributed by atoms with Crippen molar-refractivity contribution in [2.24, 2.45) is 0 Å². The molecule has 0 unspecified atom stereocenters. The van der Waals surface area contributed by atoms with Gasteiger partial charge in [0, 0.05) is 13.3 Å². The molecule has 2 heteroatoms. The monoisotopic (exact) mass is 297 g/mol. The Bertz CT molecular complexity index is 226. The smallest absolute Gasteiger partial charge is 0.158 e. The van der Waals surface area contributed by atoms with Gasteiger partial charge in [-0.2, -0.15) is 0 Å². The summed E-state index contributed by atoms with van der Waals surface area (Å²) in [4.78, 5) is 0. The number of hydrogen-bond acceptors (Lipinski definition) is 1. The van der Waals surface area contributed by atoms with E-state index in [1.807, 2.05) is 12.1 Å². The van der Waals surface area contributed by atoms with Gasteiger partial charge in [0.05, 0.1) is 0 Å². The minimum Gasteiger partial charge on any atom is -0.625 e. The number of rotatable bonds is 16. The summed E-state index contributed by atoms with van der Waals surface area (Å²) in [6.07, 6.45) is 21.8. The molecular formula is C19H39NO. The van der Waals surface area contributed by atoms with Gasteiger partial charge in [0.1, 0.15) is 0 Å². The van der Waals surface area contributed by atoms with E-state index in [-0.39, 0.29) is 0 Å². The molecule has 0 atom stereocenters. The first kappa shape index (κ1) is 20.5. The molecule has 0 heterocycles. The minimum atomic E-state index is 0.879. The van der Waals surface area contributed by atoms with E-state index in [1.165, 1.54) is 96.3 Å². The van der Waals surface area contributed by atoms with Crippen LogP contribution in [0.15, 0.2) is 0 Å². The van der Waals surface area contributed by atoms with Crippen molar-refractivity contribution in [2.45, 2.75) is 117 Å². The molecule has 0 spiro atoms. The Morgan fingerprint density at radius 1 is 0.619 bits per heavy atom. The van der Waals surface area contributed by atoms with E-state index < -0.39 is 0 Å². The molecule has 21 heavy (non-hydrogen) atoms. The molecule has 0 saturated carbocycles. The van der Waals surface area contributed by atoms with Crippen molar-refractivity contribution >= 4 is 5.71 Å². The summed E-state index contributed by atoms with van der Waals surface area (Å²) in [6, 6.07) is 0. The Balaban J connectivity index is 2.99. The highest BCUT2D eigenvalue weighted by Crippen LogP contribution is 2.13. The van der Waals surface area contributed by atoms with Crippen LogP contribution in [0.5, 0.6) is 0 Å². The van der Waals surface area contributed by atoms with Crippen LogP contribution >= 0.6 is 0 Å². The summed E-state index contributed by atoms with van der Waals surface area (Å²) in [5, 5.41) is 12.3. The largest absolute Gasteiger partial charge is 0.625 e. The van der Waals surface area contributed by atoms with Crippen molar-refractivity contribution in [1.82, 2.24) is 0 Å². The first-order valence-electron chi connectivity index (χ1n) is 9.51. The third-order valence-electron chi connectivity index (χ3n) is 4.33. The molecule has 0 amide bonds. The highest BCUT2D eigenvalue weighted by Gasteiger charge is 1.97. The van der Waals surface area contributed by atoms with Gasteiger partial charge >= 0.3 is 0 Å². The molecule has 1 N–H and O–H groups in total. The Morgan fingerprint density at radius 3 is 1.29 bits per heavy atom. The van der Waals surface area contributed by atoms with Crippen LogP contribution in [0.1, 0.15) is 117 Å². The van der Waals surface area contributed by atoms with E-state index in [2.05, 4.69) is 6.92 Å². The predicted octanol–water partition coefficient (Wildman–Crippen LogP) is 5.29. The van der Waals surface area contributed by atoms with Crippen LogP contribution in [0, 0.1) is 5.21 Å². The van der Waals surface area contributed by atoms with Crippen molar-refractivity contribution in [1.29, 1.82) is 0 Å². The summed E-state index contributed by atoms with van der Waals surface area (Å²) in [5.41, 5.74) is 0.879. The van der Waals surface area contributed by atoms with Crippen LogP contribution in [0.25, 0.3) is 0 Å². The van der Waals surface area contributed by atoms with Crippen LogP contribution in [0.2, 0.25) is 0 Å². The Labute approximate surface area is 133 Å². The van der Waals surface area contributed by atoms with Gasteiger partial charge in [-0.25, -0.2) is 5.16 Å². The van der Waals surface area contributed by atoms with E-state index >= 15 is 0 Å². The molecule has 0 aromatic carbocycles. The molecular weight excluding hydrogens is 258 g/mol. The van der Waals surface area contributed by atoms with E-state index in [0.29, 0.717) is 0 Å². The van der Waals surface area contributed by atoms with Crippen molar-refractivity contribution in [2.75, 3.05) is 0 Å². The lowest BCUT2D eigenvalue weighted by molar-refractivity contribution is -0.375. The molecule has 0 radical (unpaired) electrons. The number of hydrogen-bond donors (Lipinski definition) is 1. The fourth-order valence-corrected chi connectivity index (χ4v) is 2.81. The van der Waals surface area contributed by atoms with Gasteiger partial charge in [-0.3, -0.25) is 0 Å². The zero-order valence-electron chi connectivity index (χ0n) is 14.7. The second-order valence-corrected chi connectivity index (χ2v) is 6.58. The molecule has 0 saturated heterocycles. The van der Waals surface area contributed by atoms with E-state index in [9.17, 15) is 5.21 Å². The van der Waals surface area contributed by atoms with Crippen LogP contribution in [-0.4, -0.2) is 5.71 Å². The number of unbranched alkanes of at least 4 members (excludes halogenated alkanes) is 14. The maximum Gasteiger partial charge on any atom is 0.158 e. The molecule has 0 aromatic heterocycles. The van der Waals surface area contributed by atoms with Gasteiger partial charge in [-0.15, -0.1) is 0 Å². The van der Waals surface area contributed by atoms with Crippen molar-refractivity contribution in [3.8, 4) is 0 Å². The normalized spacial score (nSPS) is 12.0. The average Bonchev–Trinajstić information content (AvgIpc) is 2.50. The maximum absolute atomic E-state index is 10.3. The quantitative estimate of drug-likeness (QED) is 0.179. The predicted molar refractivity (Wildman–Crippen MR) is 94.6 cm³/mol. The summed E-state index contributed by atoms with van der Waals surface area (Å²) in [7, 11) is 0. The summed E-state index contributed by atoms with van der Waals surface area (Å²) >= 11 is 0. The fourth-order valence-electron chi connectivity index (χ4n) is 2.81. The SMILES string of the molecule is CCCCCCCCCCCCCCCCCC(C)=[NH+][O-]. The first-order chi connectivity index (χ1) is 10.3. The molecule has 0 bridgehead atoms. The summed E-state index contributed by atoms with van der Waals surface area (Å²) in [5.74, 6) is 0. The van der Waals surface area contributed by atoms with Gasteiger partial charge in [0.25, 0.3) is 0 Å². The summed E-state index contributed by atoms with van der Waals surface area (Å²) in [6.45, 7) is 4.17. The summed E-state index contributed by atoms with van der Waals surface area (Å²) < 4.78 is 0. The molecule has 0 aliphatic rings. The third kappa shape index (κ3) is 17.4. The molecule has 0 aliphatic carbocycles. The van der Waals surface area contributed by atoms with E-state index in [1.54, 1.807) is 0 Å². The standard InChI is InChI=1S/C19H39NO/c1-3-4-5-6-7-8-9-10-11-12-13-14-15-16-17-18-19(2)20-21/h20H,3-18H2,1-2H3. The molecule has 2 nitrogen and oxygen atoms in total. The number of nitrogens with one attached hydrogen (secondary N) is 1. The second-order valence-electron chi connectivity index (χ2n) is 6.58. The Kier molecular flexibility index (Phi) is 17.1. The van der Waals surface area contributed by atoms with Crippen molar-refractivity contribution in [3.05, 3.63) is 5.21 Å². The average molecular weight is 298 g/mol. The molecule has 0 fully saturated rings. The van der Waals surface area contributed by atoms with Crippen LogP contribution < -0.4 is 5.16 Å². The van der Waals surface area contributed by atoms with Gasteiger partial charge in [-0.1, -0.05) is 96.8 Å². The van der Waals surface area contributed by atoms with E-state index in [4.69, 9.17) is 0 Å². The molecule has 0 aliphatic heterocycles. The van der Waals surface area contributed by atoms with E-state index in [0.717, 1.165) is 12.1 Å². The zero-order chi connectivity index (χ0) is 15.6. The van der Waals surface area contributed by atoms with Gasteiger partial charge in [0.15, 0.2) is 5.71 Å². The lowest BCUT2D eigenvalue weighted by Gasteiger charge is -2.03. The van der Waals surface area contributed by atoms with Crippen LogP contribution in [-0.2, 0) is 0 Å². The van der Waals surface area contributed by atoms with Gasteiger partial charge < -0.3 is 5.21 Å². The lowest BCUT2D eigenvalue weighted by Crippen LogP contribution is -2.64. The third-order valence-corrected chi connectivity index (χ3v) is 4.33. The van der Waals surface area contributed by atoms with Crippen LogP contribution in [0.3, 0.4) is 0 Å². The maximum atomic E-state index is 10.3. The Hall–Kier alpha value is -0.530. The first-order valence-corrected chi connectivity index (χ1v) is 9.51. The van der Waals surface area contributed by atoms with Gasteiger partial charge in [-0.05, 0) is 6.42 Å². The highest BCUT2D eigenvalue weighted by atomic mass is 16.4. The fraction of sp³-hybridized carbons (Fsp3) is 0.947. The van der Waals surface area contributed by atoms with Crippen LogP contribution in [0.4, 0.5) is 0 Å². The van der Waals surface area contributed by atoms with Gasteiger partial charge in [0.2, 0.25) is 0 Å². The lowest BCUT2D eigenvalue weighted by atomic mass is 10.0.